The minimum Gasteiger partial charge on any atom is -0.480 e. The van der Waals surface area contributed by atoms with Crippen molar-refractivity contribution in [3.63, 3.8) is 0 Å². The van der Waals surface area contributed by atoms with Crippen LogP contribution in [0.1, 0.15) is 5.82 Å². The highest BCUT2D eigenvalue weighted by Gasteiger charge is 2.26. The number of carboxylic acids is 1. The van der Waals surface area contributed by atoms with Crippen molar-refractivity contribution < 1.29 is 14.7 Å². The third-order valence-electron chi connectivity index (χ3n) is 2.86. The summed E-state index contributed by atoms with van der Waals surface area (Å²) in [4.78, 5) is 25.8. The van der Waals surface area contributed by atoms with Gasteiger partial charge in [-0.25, -0.2) is 4.79 Å². The molecule has 0 aliphatic carbocycles. The van der Waals surface area contributed by atoms with Gasteiger partial charge in [-0.2, -0.15) is 0 Å². The fourth-order valence-corrected chi connectivity index (χ4v) is 1.96. The molecule has 2 heterocycles. The molecule has 19 heavy (non-hydrogen) atoms. The van der Waals surface area contributed by atoms with Crippen LogP contribution >= 0.6 is 0 Å². The molecule has 0 unspecified atom stereocenters. The molecule has 1 aromatic rings. The van der Waals surface area contributed by atoms with Crippen molar-refractivity contribution in [3.05, 3.63) is 24.8 Å². The number of hydrogen-bond donors (Lipinski definition) is 1. The van der Waals surface area contributed by atoms with E-state index in [-0.39, 0.29) is 19.1 Å². The molecule has 2 rings (SSSR count). The summed E-state index contributed by atoms with van der Waals surface area (Å²) < 4.78 is 1.87. The molecule has 0 saturated carbocycles. The number of carbonyl (C=O) groups is 2. The average Bonchev–Trinajstić information content (AvgIpc) is 2.84. The molecule has 102 valence electrons. The lowest BCUT2D eigenvalue weighted by molar-refractivity contribution is -0.137. The van der Waals surface area contributed by atoms with Crippen LogP contribution in [0.3, 0.4) is 0 Å². The van der Waals surface area contributed by atoms with Crippen LogP contribution in [0.2, 0.25) is 0 Å². The van der Waals surface area contributed by atoms with E-state index in [1.807, 2.05) is 4.57 Å². The summed E-state index contributed by atoms with van der Waals surface area (Å²) in [7, 11) is 0. The first-order valence-corrected chi connectivity index (χ1v) is 5.85. The lowest BCUT2D eigenvalue weighted by atomic mass is 10.3. The number of carbonyl (C=O) groups excluding carboxylic acids is 1. The van der Waals surface area contributed by atoms with E-state index in [0.717, 1.165) is 0 Å². The van der Waals surface area contributed by atoms with E-state index in [9.17, 15) is 9.59 Å². The molecule has 0 radical (unpaired) electrons. The minimum absolute atomic E-state index is 0.203. The van der Waals surface area contributed by atoms with E-state index in [1.54, 1.807) is 11.2 Å². The van der Waals surface area contributed by atoms with Gasteiger partial charge in [0.2, 0.25) is 0 Å². The van der Waals surface area contributed by atoms with Crippen molar-refractivity contribution in [2.75, 3.05) is 19.6 Å². The first-order valence-electron chi connectivity index (χ1n) is 5.85. The summed E-state index contributed by atoms with van der Waals surface area (Å²) in [6.45, 7) is 4.86. The second kappa shape index (κ2) is 5.51. The second-order valence-corrected chi connectivity index (χ2v) is 4.21. The number of carboxylic acid groups (broad SMARTS) is 1. The lowest BCUT2D eigenvalue weighted by Crippen LogP contribution is -2.48. The second-order valence-electron chi connectivity index (χ2n) is 4.21. The largest absolute Gasteiger partial charge is 0.480 e. The molecule has 8 nitrogen and oxygen atoms in total. The highest BCUT2D eigenvalue weighted by molar-refractivity contribution is 5.80. The molecular weight excluding hydrogens is 250 g/mol. The molecule has 1 aromatic heterocycles. The Balaban J connectivity index is 2.06. The molecule has 0 saturated heterocycles. The highest BCUT2D eigenvalue weighted by Crippen LogP contribution is 2.11. The van der Waals surface area contributed by atoms with E-state index >= 15 is 0 Å². The van der Waals surface area contributed by atoms with Gasteiger partial charge in [-0.05, 0) is 0 Å². The predicted molar refractivity (Wildman–Crippen MR) is 65.2 cm³/mol. The van der Waals surface area contributed by atoms with Crippen LogP contribution in [-0.4, -0.2) is 61.3 Å². The number of rotatable bonds is 4. The van der Waals surface area contributed by atoms with E-state index < -0.39 is 5.97 Å². The first kappa shape index (κ1) is 13.1. The minimum atomic E-state index is -1.05. The molecule has 1 aliphatic heterocycles. The van der Waals surface area contributed by atoms with Gasteiger partial charge in [-0.3, -0.25) is 4.79 Å². The van der Waals surface area contributed by atoms with E-state index in [0.29, 0.717) is 25.5 Å². The normalized spacial score (nSPS) is 13.8. The molecular formula is C11H15N5O3. The summed E-state index contributed by atoms with van der Waals surface area (Å²) in [6, 6.07) is -0.323. The summed E-state index contributed by atoms with van der Waals surface area (Å²) in [5.74, 6) is -0.344. The quantitative estimate of drug-likeness (QED) is 0.760. The zero-order valence-corrected chi connectivity index (χ0v) is 10.4. The van der Waals surface area contributed by atoms with E-state index in [2.05, 4.69) is 16.8 Å². The monoisotopic (exact) mass is 265 g/mol. The van der Waals surface area contributed by atoms with Gasteiger partial charge >= 0.3 is 12.0 Å². The van der Waals surface area contributed by atoms with Gasteiger partial charge in [0.1, 0.15) is 12.9 Å². The fourth-order valence-electron chi connectivity index (χ4n) is 1.96. The molecule has 0 bridgehead atoms. The van der Waals surface area contributed by atoms with E-state index in [4.69, 9.17) is 5.11 Å². The standard InChI is InChI=1S/C11H15N5O3/c1-2-3-14(7-10(17)18)11(19)15-4-5-16-8-12-13-9(16)6-15/h2,8H,1,3-7H2,(H,17,18). The number of urea groups is 1. The topological polar surface area (TPSA) is 91.6 Å². The Hall–Kier alpha value is -2.38. The molecule has 0 aromatic carbocycles. The molecule has 1 N–H and O–H groups in total. The van der Waals surface area contributed by atoms with Gasteiger partial charge in [-0.15, -0.1) is 16.8 Å². The maximum Gasteiger partial charge on any atom is 0.323 e. The van der Waals surface area contributed by atoms with Crippen LogP contribution in [-0.2, 0) is 17.9 Å². The number of hydrogen-bond acceptors (Lipinski definition) is 4. The Morgan fingerprint density at radius 3 is 3.00 bits per heavy atom. The van der Waals surface area contributed by atoms with Crippen molar-refractivity contribution in [1.29, 1.82) is 0 Å². The van der Waals surface area contributed by atoms with Crippen molar-refractivity contribution in [1.82, 2.24) is 24.6 Å². The molecule has 8 heteroatoms. The van der Waals surface area contributed by atoms with E-state index in [1.165, 1.54) is 11.0 Å². The maximum atomic E-state index is 12.2. The smallest absolute Gasteiger partial charge is 0.323 e. The third-order valence-corrected chi connectivity index (χ3v) is 2.86. The Morgan fingerprint density at radius 2 is 2.32 bits per heavy atom. The van der Waals surface area contributed by atoms with Gasteiger partial charge in [0, 0.05) is 19.6 Å². The van der Waals surface area contributed by atoms with Crippen molar-refractivity contribution in [3.8, 4) is 0 Å². The van der Waals surface area contributed by atoms with Gasteiger partial charge in [0.25, 0.3) is 0 Å². The number of nitrogens with zero attached hydrogens (tertiary/aromatic N) is 5. The Morgan fingerprint density at radius 1 is 1.53 bits per heavy atom. The number of amides is 2. The summed E-state index contributed by atoms with van der Waals surface area (Å²) in [6.07, 6.45) is 3.13. The van der Waals surface area contributed by atoms with Gasteiger partial charge < -0.3 is 19.5 Å². The summed E-state index contributed by atoms with van der Waals surface area (Å²) >= 11 is 0. The van der Waals surface area contributed by atoms with Crippen LogP contribution in [0.15, 0.2) is 19.0 Å². The fraction of sp³-hybridized carbons (Fsp3) is 0.455. The van der Waals surface area contributed by atoms with Crippen molar-refractivity contribution in [2.24, 2.45) is 0 Å². The predicted octanol–water partition coefficient (Wildman–Crippen LogP) is -0.214. The SMILES string of the molecule is C=CCN(CC(=O)O)C(=O)N1CCn2cnnc2C1. The van der Waals surface area contributed by atoms with Gasteiger partial charge in [0.05, 0.1) is 6.54 Å². The zero-order chi connectivity index (χ0) is 13.8. The number of aromatic nitrogens is 3. The molecule has 0 atom stereocenters. The van der Waals surface area contributed by atoms with Crippen LogP contribution < -0.4 is 0 Å². The summed E-state index contributed by atoms with van der Waals surface area (Å²) in [5.41, 5.74) is 0. The molecule has 0 spiro atoms. The Labute approximate surface area is 109 Å². The van der Waals surface area contributed by atoms with Crippen LogP contribution in [0, 0.1) is 0 Å². The number of fused-ring (bicyclic) bond motifs is 1. The first-order chi connectivity index (χ1) is 9.11. The molecule has 2 amide bonds. The van der Waals surface area contributed by atoms with Crippen LogP contribution in [0.4, 0.5) is 4.79 Å². The van der Waals surface area contributed by atoms with Gasteiger partial charge in [0.15, 0.2) is 5.82 Å². The Bertz CT molecular complexity index is 498. The molecule has 0 fully saturated rings. The zero-order valence-electron chi connectivity index (χ0n) is 10.4. The molecule has 1 aliphatic rings. The summed E-state index contributed by atoms with van der Waals surface area (Å²) in [5, 5.41) is 16.5. The number of aliphatic carboxylic acids is 1. The van der Waals surface area contributed by atoms with Crippen LogP contribution in [0.25, 0.3) is 0 Å². The van der Waals surface area contributed by atoms with Crippen molar-refractivity contribution >= 4 is 12.0 Å². The Kier molecular flexibility index (Phi) is 3.79. The van der Waals surface area contributed by atoms with Crippen LogP contribution in [0.5, 0.6) is 0 Å². The van der Waals surface area contributed by atoms with Crippen molar-refractivity contribution in [2.45, 2.75) is 13.1 Å². The average molecular weight is 265 g/mol. The third kappa shape index (κ3) is 2.90. The van der Waals surface area contributed by atoms with Gasteiger partial charge in [-0.1, -0.05) is 6.08 Å². The highest BCUT2D eigenvalue weighted by atomic mass is 16.4. The lowest BCUT2D eigenvalue weighted by Gasteiger charge is -2.31. The maximum absolute atomic E-state index is 12.2.